The molecule has 137 heavy (non-hydrogen) atoms. The maximum Gasteiger partial charge on any atom is 0.164 e. The monoisotopic (exact) mass is 1770 g/mol. The summed E-state index contributed by atoms with van der Waals surface area (Å²) in [5.41, 5.74) is 36.7. The average molecular weight is 1770 g/mol. The number of hydrogen-bond donors (Lipinski definition) is 0. The molecule has 0 N–H and O–H groups in total. The van der Waals surface area contributed by atoms with Crippen LogP contribution in [0.25, 0.3) is 202 Å². The standard InChI is InChI=1S/C45H37N3.C44H36N2.C39H31N3O/c1-44(2)39-25-14-13-23-36(39)38-29-33(26-27-40(38)45(44,3)4)32-20-15-21-34(28-32)35-22-11-12-24-37(35)43-47-41(30-16-7-5-8-17-30)46-42(48-43)31-18-9-6-10-19-31;1-43(2)38-19-10-8-17-35(38)37-28-34(25-26-39(37)44(43,3)4)42-45-40-20-11-9-18-36(40)41(46-42)31-23-21-30(22-24-31)33-16-12-15-32(27-33)29-13-6-5-7-14-29;1-38(2)30-18-10-8-15-26(30)29-23-25(21-22-31(29)39(38,3)4)36-40-35(24-13-6-5-7-14-24)41-37(42-36)28-17-12-20-33-34(28)27-16-9-11-19-32(27)43-33/h5-29H,1-4H3;5-28H,1-4H3;5-23H,1-4H3. The molecule has 662 valence electrons. The molecular formula is C128H104N8O. The third-order valence-corrected chi connectivity index (χ3v) is 30.7. The molecule has 0 radical (unpaired) electrons. The fourth-order valence-corrected chi connectivity index (χ4v) is 21.0. The lowest BCUT2D eigenvalue weighted by Crippen LogP contribution is -2.43. The topological polar surface area (TPSA) is 116 Å². The van der Waals surface area contributed by atoms with Crippen LogP contribution in [0.5, 0.6) is 0 Å². The minimum absolute atomic E-state index is 0.000243. The van der Waals surface area contributed by atoms with E-state index in [1.165, 1.54) is 100 Å². The van der Waals surface area contributed by atoms with Crippen molar-refractivity contribution >= 4 is 32.8 Å². The Morgan fingerprint density at radius 2 is 0.445 bits per heavy atom. The van der Waals surface area contributed by atoms with Crippen molar-refractivity contribution < 1.29 is 4.42 Å². The Balaban J connectivity index is 0.000000119. The smallest absolute Gasteiger partial charge is 0.164 e. The van der Waals surface area contributed by atoms with E-state index in [0.717, 1.165) is 100.0 Å². The molecule has 0 atom stereocenters. The Hall–Kier alpha value is -16.1. The van der Waals surface area contributed by atoms with Crippen LogP contribution < -0.4 is 0 Å². The van der Waals surface area contributed by atoms with E-state index in [1.807, 2.05) is 121 Å². The van der Waals surface area contributed by atoms with Gasteiger partial charge in [0.15, 0.2) is 40.8 Å². The van der Waals surface area contributed by atoms with Crippen LogP contribution >= 0.6 is 0 Å². The van der Waals surface area contributed by atoms with Crippen molar-refractivity contribution in [1.29, 1.82) is 0 Å². The first-order chi connectivity index (χ1) is 66.4. The fourth-order valence-electron chi connectivity index (χ4n) is 21.0. The van der Waals surface area contributed by atoms with Crippen molar-refractivity contribution in [3.63, 3.8) is 0 Å². The fraction of sp³-hybridized carbons (Fsp3) is 0.141. The Kier molecular flexibility index (Phi) is 21.5. The molecule has 0 bridgehead atoms. The van der Waals surface area contributed by atoms with Crippen LogP contribution in [0.15, 0.2) is 417 Å². The van der Waals surface area contributed by atoms with Gasteiger partial charge >= 0.3 is 0 Å². The number of para-hydroxylation sites is 2. The first-order valence-corrected chi connectivity index (χ1v) is 47.5. The van der Waals surface area contributed by atoms with Gasteiger partial charge in [-0.3, -0.25) is 0 Å². The van der Waals surface area contributed by atoms with Gasteiger partial charge in [0.1, 0.15) is 11.2 Å². The lowest BCUT2D eigenvalue weighted by molar-refractivity contribution is 0.299. The van der Waals surface area contributed by atoms with Gasteiger partial charge in [-0.25, -0.2) is 39.9 Å². The number of hydrogen-bond acceptors (Lipinski definition) is 9. The molecule has 24 rings (SSSR count). The number of furan rings is 1. The van der Waals surface area contributed by atoms with E-state index in [-0.39, 0.29) is 32.5 Å². The zero-order valence-corrected chi connectivity index (χ0v) is 79.2. The summed E-state index contributed by atoms with van der Waals surface area (Å²) in [6.45, 7) is 28.4. The van der Waals surface area contributed by atoms with Crippen molar-refractivity contribution in [3.05, 3.63) is 446 Å². The van der Waals surface area contributed by atoms with Crippen LogP contribution in [0.4, 0.5) is 0 Å². The van der Waals surface area contributed by atoms with E-state index in [1.54, 1.807) is 0 Å². The van der Waals surface area contributed by atoms with Crippen molar-refractivity contribution in [2.24, 2.45) is 0 Å². The van der Waals surface area contributed by atoms with E-state index in [2.05, 4.69) is 374 Å². The van der Waals surface area contributed by atoms with E-state index in [4.69, 9.17) is 44.3 Å². The summed E-state index contributed by atoms with van der Waals surface area (Å²) in [5, 5.41) is 3.11. The van der Waals surface area contributed by atoms with E-state index in [0.29, 0.717) is 34.9 Å². The second kappa shape index (κ2) is 34.1. The lowest BCUT2D eigenvalue weighted by atomic mass is 9.55. The minimum atomic E-state index is -0.0628. The summed E-state index contributed by atoms with van der Waals surface area (Å²) in [4.78, 5) is 40.6. The second-order valence-electron chi connectivity index (χ2n) is 39.7. The van der Waals surface area contributed by atoms with Gasteiger partial charge in [0.2, 0.25) is 0 Å². The van der Waals surface area contributed by atoms with Crippen molar-refractivity contribution in [2.75, 3.05) is 0 Å². The molecule has 0 unspecified atom stereocenters. The van der Waals surface area contributed by atoms with Gasteiger partial charge in [0.05, 0.1) is 11.2 Å². The van der Waals surface area contributed by atoms with Crippen LogP contribution in [0.2, 0.25) is 0 Å². The van der Waals surface area contributed by atoms with E-state index < -0.39 is 0 Å². The summed E-state index contributed by atoms with van der Waals surface area (Å²) in [6, 6.07) is 145. The number of fused-ring (bicyclic) bond motifs is 13. The Morgan fingerprint density at radius 3 is 0.927 bits per heavy atom. The highest BCUT2D eigenvalue weighted by Crippen LogP contribution is 2.58. The van der Waals surface area contributed by atoms with Crippen LogP contribution in [0.3, 0.4) is 0 Å². The third-order valence-electron chi connectivity index (χ3n) is 30.7. The quantitative estimate of drug-likeness (QED) is 0.118. The van der Waals surface area contributed by atoms with Gasteiger partial charge in [-0.1, -0.05) is 447 Å². The predicted molar refractivity (Wildman–Crippen MR) is 566 cm³/mol. The van der Waals surface area contributed by atoms with Gasteiger partial charge in [0, 0.05) is 60.7 Å². The van der Waals surface area contributed by atoms with Crippen LogP contribution in [0, 0.1) is 0 Å². The number of rotatable bonds is 12. The van der Waals surface area contributed by atoms with Gasteiger partial charge in [-0.05, 0) is 192 Å². The molecule has 21 aromatic rings. The van der Waals surface area contributed by atoms with Gasteiger partial charge in [0.25, 0.3) is 0 Å². The first-order valence-electron chi connectivity index (χ1n) is 47.5. The SMILES string of the molecule is CC1(C)c2ccccc2-c2cc(-c3cccc(-c4ccccc4-c4nc(-c5ccccc5)nc(-c5ccccc5)n4)c3)ccc2C1(C)C.CC1(C)c2ccccc2-c2cc(-c3nc(-c4ccc(-c5cccc(-c6ccccc6)c5)cc4)c4ccccc4n3)ccc2C1(C)C.CC1(C)c2ccccc2-c2cc(-c3nc(-c4ccccc4)nc(-c4cccc5oc6ccccc6c45)n3)ccc2C1(C)C. The van der Waals surface area contributed by atoms with Gasteiger partial charge < -0.3 is 4.42 Å². The summed E-state index contributed by atoms with van der Waals surface area (Å²) < 4.78 is 6.20. The maximum atomic E-state index is 6.20. The van der Waals surface area contributed by atoms with Crippen molar-refractivity contribution in [2.45, 2.75) is 116 Å². The Bertz CT molecular complexity index is 8200. The molecule has 9 heteroatoms. The molecule has 4 aromatic heterocycles. The largest absolute Gasteiger partial charge is 0.456 e. The molecule has 0 fully saturated rings. The third kappa shape index (κ3) is 15.1. The van der Waals surface area contributed by atoms with Crippen LogP contribution in [0.1, 0.15) is 116 Å². The molecule has 9 nitrogen and oxygen atoms in total. The van der Waals surface area contributed by atoms with Crippen molar-refractivity contribution in [1.82, 2.24) is 39.9 Å². The zero-order chi connectivity index (χ0) is 93.7. The van der Waals surface area contributed by atoms with Crippen LogP contribution in [-0.4, -0.2) is 39.9 Å². The predicted octanol–water partition coefficient (Wildman–Crippen LogP) is 33.0. The van der Waals surface area contributed by atoms with E-state index >= 15 is 0 Å². The first kappa shape index (κ1) is 86.3. The highest BCUT2D eigenvalue weighted by atomic mass is 16.3. The molecule has 0 saturated carbocycles. The average Bonchev–Trinajstić information content (AvgIpc) is 1.24. The molecule has 3 aliphatic carbocycles. The maximum absolute atomic E-state index is 6.20. The lowest BCUT2D eigenvalue weighted by Gasteiger charge is -2.48. The molecule has 17 aromatic carbocycles. The number of aromatic nitrogens is 8. The van der Waals surface area contributed by atoms with Crippen LogP contribution in [-0.2, 0) is 32.5 Å². The second-order valence-corrected chi connectivity index (χ2v) is 39.7. The summed E-state index contributed by atoms with van der Waals surface area (Å²) in [5.74, 6) is 4.63. The summed E-state index contributed by atoms with van der Waals surface area (Å²) in [6.07, 6.45) is 0. The molecule has 0 aliphatic heterocycles. The Morgan fingerprint density at radius 1 is 0.161 bits per heavy atom. The van der Waals surface area contributed by atoms with Crippen molar-refractivity contribution in [3.8, 4) is 169 Å². The molecule has 0 amide bonds. The molecule has 0 spiro atoms. The number of nitrogens with zero attached hydrogens (tertiary/aromatic N) is 8. The molecule has 4 heterocycles. The molecule has 0 saturated heterocycles. The van der Waals surface area contributed by atoms with Gasteiger partial charge in [-0.2, -0.15) is 0 Å². The van der Waals surface area contributed by atoms with E-state index in [9.17, 15) is 0 Å². The summed E-state index contributed by atoms with van der Waals surface area (Å²) >= 11 is 0. The van der Waals surface area contributed by atoms with Gasteiger partial charge in [-0.15, -0.1) is 0 Å². The summed E-state index contributed by atoms with van der Waals surface area (Å²) in [7, 11) is 0. The normalized spacial score (nSPS) is 14.5. The highest BCUT2D eigenvalue weighted by molar-refractivity contribution is 6.12. The zero-order valence-electron chi connectivity index (χ0n) is 79.2. The molecular weight excluding hydrogens is 1670 g/mol. The Labute approximate surface area is 802 Å². The molecule has 3 aliphatic rings. The number of benzene rings is 17. The minimum Gasteiger partial charge on any atom is -0.456 e. The highest BCUT2D eigenvalue weighted by Gasteiger charge is 2.49.